The summed E-state index contributed by atoms with van der Waals surface area (Å²) in [5.74, 6) is -0.0925. The van der Waals surface area contributed by atoms with Crippen molar-refractivity contribution >= 4 is 11.4 Å². The standard InChI is InChI=1S/C23H31FN4O3/c1-3-29-19-12-15(13-20(21(19)24)30-4-2)14-28-10-8-16(9-11-28)23(26)27-22-17(25)6-5-7-18(22)31-23/h5-7,12-13,16,27H,3-4,8-11,14,25-26H2,1-2H3. The molecular formula is C23H31FN4O3. The summed E-state index contributed by atoms with van der Waals surface area (Å²) in [6.07, 6.45) is 1.74. The third-order valence-electron chi connectivity index (χ3n) is 5.92. The molecule has 1 atom stereocenters. The number of anilines is 2. The first-order chi connectivity index (χ1) is 14.9. The van der Waals surface area contributed by atoms with Gasteiger partial charge >= 0.3 is 0 Å². The number of fused-ring (bicyclic) bond motifs is 1. The van der Waals surface area contributed by atoms with Crippen molar-refractivity contribution in [3.8, 4) is 17.2 Å². The Bertz CT molecular complexity index is 906. The van der Waals surface area contributed by atoms with Crippen LogP contribution in [0.4, 0.5) is 15.8 Å². The Kier molecular flexibility index (Phi) is 6.11. The second-order valence-corrected chi connectivity index (χ2v) is 8.06. The van der Waals surface area contributed by atoms with E-state index >= 15 is 0 Å². The Morgan fingerprint density at radius 3 is 2.39 bits per heavy atom. The van der Waals surface area contributed by atoms with Gasteiger partial charge in [0.15, 0.2) is 11.5 Å². The van der Waals surface area contributed by atoms with Gasteiger partial charge in [-0.15, -0.1) is 0 Å². The largest absolute Gasteiger partial charge is 0.491 e. The molecule has 1 unspecified atom stereocenters. The maximum atomic E-state index is 14.5. The summed E-state index contributed by atoms with van der Waals surface area (Å²) in [4.78, 5) is 2.33. The van der Waals surface area contributed by atoms with E-state index in [0.29, 0.717) is 31.2 Å². The van der Waals surface area contributed by atoms with E-state index in [1.165, 1.54) is 0 Å². The van der Waals surface area contributed by atoms with Crippen molar-refractivity contribution in [1.82, 2.24) is 4.90 Å². The van der Waals surface area contributed by atoms with E-state index in [9.17, 15) is 4.39 Å². The van der Waals surface area contributed by atoms with Crippen LogP contribution in [0.3, 0.4) is 0 Å². The summed E-state index contributed by atoms with van der Waals surface area (Å²) in [6.45, 7) is 6.87. The Balaban J connectivity index is 1.40. The van der Waals surface area contributed by atoms with E-state index in [4.69, 9.17) is 25.7 Å². The Labute approximate surface area is 182 Å². The zero-order valence-electron chi connectivity index (χ0n) is 18.1. The number of rotatable bonds is 7. The van der Waals surface area contributed by atoms with Gasteiger partial charge in [-0.1, -0.05) is 6.07 Å². The van der Waals surface area contributed by atoms with Gasteiger partial charge in [0.1, 0.15) is 11.4 Å². The molecule has 7 nitrogen and oxygen atoms in total. The van der Waals surface area contributed by atoms with Gasteiger partial charge < -0.3 is 25.3 Å². The van der Waals surface area contributed by atoms with Crippen LogP contribution >= 0.6 is 0 Å². The average Bonchev–Trinajstić information content (AvgIpc) is 3.11. The number of likely N-dealkylation sites (tertiary alicyclic amines) is 1. The van der Waals surface area contributed by atoms with Gasteiger partial charge in [0.25, 0.3) is 0 Å². The minimum Gasteiger partial charge on any atom is -0.491 e. The third-order valence-corrected chi connectivity index (χ3v) is 5.92. The quantitative estimate of drug-likeness (QED) is 0.579. The van der Waals surface area contributed by atoms with Gasteiger partial charge in [-0.3, -0.25) is 10.6 Å². The van der Waals surface area contributed by atoms with E-state index in [-0.39, 0.29) is 17.4 Å². The number of piperidine rings is 1. The first kappa shape index (κ1) is 21.5. The summed E-state index contributed by atoms with van der Waals surface area (Å²) < 4.78 is 31.5. The molecular weight excluding hydrogens is 399 g/mol. The lowest BCUT2D eigenvalue weighted by Crippen LogP contribution is -2.58. The highest BCUT2D eigenvalue weighted by Crippen LogP contribution is 2.43. The van der Waals surface area contributed by atoms with Crippen molar-refractivity contribution in [3.63, 3.8) is 0 Å². The molecule has 2 aromatic carbocycles. The SMILES string of the molecule is CCOc1cc(CN2CCC(C3(N)Nc4c(N)cccc4O3)CC2)cc(OCC)c1F. The molecule has 2 aliphatic heterocycles. The molecule has 1 saturated heterocycles. The van der Waals surface area contributed by atoms with Crippen LogP contribution in [0.25, 0.3) is 0 Å². The van der Waals surface area contributed by atoms with Gasteiger partial charge in [-0.05, 0) is 69.6 Å². The van der Waals surface area contributed by atoms with E-state index in [1.807, 2.05) is 32.0 Å². The lowest BCUT2D eigenvalue weighted by Gasteiger charge is -2.39. The number of nitrogens with one attached hydrogen (secondary N) is 1. The van der Waals surface area contributed by atoms with E-state index in [0.717, 1.165) is 37.2 Å². The van der Waals surface area contributed by atoms with Crippen LogP contribution in [0.2, 0.25) is 0 Å². The zero-order chi connectivity index (χ0) is 22.0. The van der Waals surface area contributed by atoms with Gasteiger partial charge in [-0.2, -0.15) is 4.39 Å². The van der Waals surface area contributed by atoms with Crippen molar-refractivity contribution in [2.75, 3.05) is 37.4 Å². The van der Waals surface area contributed by atoms with Crippen LogP contribution in [-0.4, -0.2) is 37.1 Å². The number of halogens is 1. The summed E-state index contributed by atoms with van der Waals surface area (Å²) in [7, 11) is 0. The van der Waals surface area contributed by atoms with E-state index < -0.39 is 11.7 Å². The number of hydrogen-bond donors (Lipinski definition) is 3. The highest BCUT2D eigenvalue weighted by molar-refractivity contribution is 5.76. The minimum atomic E-state index is -0.954. The number of nitrogens with zero attached hydrogens (tertiary/aromatic N) is 1. The molecule has 2 heterocycles. The monoisotopic (exact) mass is 430 g/mol. The molecule has 0 aromatic heterocycles. The predicted octanol–water partition coefficient (Wildman–Crippen LogP) is 3.53. The van der Waals surface area contributed by atoms with Gasteiger partial charge in [0.05, 0.1) is 18.9 Å². The fourth-order valence-corrected chi connectivity index (χ4v) is 4.37. The Morgan fingerprint density at radius 1 is 1.16 bits per heavy atom. The fourth-order valence-electron chi connectivity index (χ4n) is 4.37. The molecule has 0 amide bonds. The van der Waals surface area contributed by atoms with Crippen molar-refractivity contribution < 1.29 is 18.6 Å². The van der Waals surface area contributed by atoms with E-state index in [1.54, 1.807) is 12.1 Å². The molecule has 4 rings (SSSR count). The minimum absolute atomic E-state index is 0.140. The van der Waals surface area contributed by atoms with Gasteiger partial charge in [-0.25, -0.2) is 0 Å². The van der Waals surface area contributed by atoms with Crippen LogP contribution in [0.15, 0.2) is 30.3 Å². The van der Waals surface area contributed by atoms with Crippen molar-refractivity contribution in [2.24, 2.45) is 11.7 Å². The second-order valence-electron chi connectivity index (χ2n) is 8.06. The predicted molar refractivity (Wildman–Crippen MR) is 119 cm³/mol. The van der Waals surface area contributed by atoms with Crippen LogP contribution in [-0.2, 0) is 6.54 Å². The summed E-state index contributed by atoms with van der Waals surface area (Å²) in [6, 6.07) is 9.10. The topological polar surface area (TPSA) is 95.0 Å². The molecule has 2 aromatic rings. The fraction of sp³-hybridized carbons (Fsp3) is 0.478. The van der Waals surface area contributed by atoms with Crippen molar-refractivity contribution in [3.05, 3.63) is 41.7 Å². The number of hydrogen-bond acceptors (Lipinski definition) is 7. The molecule has 0 bridgehead atoms. The number of para-hydroxylation sites is 1. The van der Waals surface area contributed by atoms with Crippen LogP contribution in [0, 0.1) is 11.7 Å². The smallest absolute Gasteiger partial charge is 0.239 e. The first-order valence-corrected chi connectivity index (χ1v) is 10.9. The molecule has 0 saturated carbocycles. The number of nitrogen functional groups attached to an aromatic ring is 1. The Morgan fingerprint density at radius 2 is 1.81 bits per heavy atom. The van der Waals surface area contributed by atoms with E-state index in [2.05, 4.69) is 10.2 Å². The maximum absolute atomic E-state index is 14.5. The van der Waals surface area contributed by atoms with Crippen LogP contribution in [0.5, 0.6) is 17.2 Å². The normalized spacial score (nSPS) is 21.3. The summed E-state index contributed by atoms with van der Waals surface area (Å²) >= 11 is 0. The Hall–Kier alpha value is -2.71. The van der Waals surface area contributed by atoms with Crippen LogP contribution in [0.1, 0.15) is 32.3 Å². The number of ether oxygens (including phenoxy) is 3. The first-order valence-electron chi connectivity index (χ1n) is 10.9. The molecule has 1 fully saturated rings. The summed E-state index contributed by atoms with van der Waals surface area (Å²) in [5.41, 5.74) is 15.0. The second kappa shape index (κ2) is 8.80. The molecule has 0 aliphatic carbocycles. The molecule has 31 heavy (non-hydrogen) atoms. The zero-order valence-corrected chi connectivity index (χ0v) is 18.1. The van der Waals surface area contributed by atoms with Crippen molar-refractivity contribution in [1.29, 1.82) is 0 Å². The van der Waals surface area contributed by atoms with Gasteiger partial charge in [0.2, 0.25) is 11.7 Å². The molecule has 168 valence electrons. The number of benzene rings is 2. The van der Waals surface area contributed by atoms with Crippen molar-refractivity contribution in [2.45, 2.75) is 39.1 Å². The lowest BCUT2D eigenvalue weighted by molar-refractivity contribution is 0.0175. The molecule has 8 heteroatoms. The maximum Gasteiger partial charge on any atom is 0.239 e. The molecule has 2 aliphatic rings. The highest BCUT2D eigenvalue weighted by atomic mass is 19.1. The summed E-state index contributed by atoms with van der Waals surface area (Å²) in [5, 5.41) is 3.30. The molecule has 5 N–H and O–H groups in total. The van der Waals surface area contributed by atoms with Gasteiger partial charge in [0, 0.05) is 12.5 Å². The number of nitrogens with two attached hydrogens (primary N) is 2. The lowest BCUT2D eigenvalue weighted by atomic mass is 9.91. The highest BCUT2D eigenvalue weighted by Gasteiger charge is 2.44. The third kappa shape index (κ3) is 4.36. The molecule has 0 spiro atoms. The average molecular weight is 431 g/mol. The van der Waals surface area contributed by atoms with Crippen LogP contribution < -0.4 is 31.0 Å². The molecule has 0 radical (unpaired) electrons.